The van der Waals surface area contributed by atoms with Crippen LogP contribution in [-0.4, -0.2) is 34.5 Å². The highest BCUT2D eigenvalue weighted by Gasteiger charge is 2.14. The second kappa shape index (κ2) is 5.86. The summed E-state index contributed by atoms with van der Waals surface area (Å²) in [4.78, 5) is 0.270. The quantitative estimate of drug-likeness (QED) is 0.712. The third-order valence-electron chi connectivity index (χ3n) is 2.10. The number of hydrogen-bond donors (Lipinski definition) is 0. The standard InChI is InChI=1S/C11H16O4S/c1-3-15-7-8-16(12,13)11-6-4-5-10(9-11)14-2/h4-6,9H,3,7-8H2,1-2H3. The zero-order valence-corrected chi connectivity index (χ0v) is 10.3. The molecule has 90 valence electrons. The van der Waals surface area contributed by atoms with Gasteiger partial charge in [-0.3, -0.25) is 0 Å². The molecule has 0 radical (unpaired) electrons. The highest BCUT2D eigenvalue weighted by molar-refractivity contribution is 7.91. The van der Waals surface area contributed by atoms with Gasteiger partial charge in [0.05, 0.1) is 24.4 Å². The maximum Gasteiger partial charge on any atom is 0.180 e. The molecular weight excluding hydrogens is 228 g/mol. The van der Waals surface area contributed by atoms with Crippen LogP contribution in [0.5, 0.6) is 5.75 Å². The molecule has 0 saturated carbocycles. The summed E-state index contributed by atoms with van der Waals surface area (Å²) in [5.74, 6) is 0.533. The zero-order valence-electron chi connectivity index (χ0n) is 9.47. The fourth-order valence-corrected chi connectivity index (χ4v) is 2.38. The summed E-state index contributed by atoms with van der Waals surface area (Å²) >= 11 is 0. The van der Waals surface area contributed by atoms with E-state index < -0.39 is 9.84 Å². The average molecular weight is 244 g/mol. The first kappa shape index (κ1) is 13.0. The number of sulfone groups is 1. The molecule has 0 unspecified atom stereocenters. The molecule has 0 atom stereocenters. The fraction of sp³-hybridized carbons (Fsp3) is 0.455. The Bertz CT molecular complexity index is 425. The lowest BCUT2D eigenvalue weighted by molar-refractivity contribution is 0.163. The Balaban J connectivity index is 2.81. The summed E-state index contributed by atoms with van der Waals surface area (Å²) in [6.45, 7) is 2.57. The molecule has 0 aliphatic carbocycles. The second-order valence-electron chi connectivity index (χ2n) is 3.19. The van der Waals surface area contributed by atoms with Crippen molar-refractivity contribution in [2.45, 2.75) is 11.8 Å². The lowest BCUT2D eigenvalue weighted by Crippen LogP contribution is -2.12. The first-order chi connectivity index (χ1) is 7.60. The van der Waals surface area contributed by atoms with E-state index in [9.17, 15) is 8.42 Å². The van der Waals surface area contributed by atoms with Crippen molar-refractivity contribution < 1.29 is 17.9 Å². The molecule has 0 aromatic heterocycles. The highest BCUT2D eigenvalue weighted by atomic mass is 32.2. The van der Waals surface area contributed by atoms with Gasteiger partial charge in [0, 0.05) is 6.61 Å². The topological polar surface area (TPSA) is 52.6 Å². The van der Waals surface area contributed by atoms with Gasteiger partial charge in [0.15, 0.2) is 9.84 Å². The number of rotatable bonds is 6. The molecule has 0 aliphatic heterocycles. The summed E-state index contributed by atoms with van der Waals surface area (Å²) in [5, 5.41) is 0. The van der Waals surface area contributed by atoms with E-state index in [1.165, 1.54) is 13.2 Å². The average Bonchev–Trinajstić information content (AvgIpc) is 2.29. The minimum Gasteiger partial charge on any atom is -0.497 e. The van der Waals surface area contributed by atoms with Crippen LogP contribution in [0.25, 0.3) is 0 Å². The van der Waals surface area contributed by atoms with Crippen LogP contribution in [0.15, 0.2) is 29.2 Å². The van der Waals surface area contributed by atoms with Crippen molar-refractivity contribution in [3.05, 3.63) is 24.3 Å². The molecule has 0 saturated heterocycles. The van der Waals surface area contributed by atoms with Crippen molar-refractivity contribution in [2.24, 2.45) is 0 Å². The predicted octanol–water partition coefficient (Wildman–Crippen LogP) is 1.51. The molecular formula is C11H16O4S. The minimum atomic E-state index is -3.27. The van der Waals surface area contributed by atoms with Crippen LogP contribution in [0, 0.1) is 0 Å². The second-order valence-corrected chi connectivity index (χ2v) is 5.30. The third-order valence-corrected chi connectivity index (χ3v) is 3.78. The van der Waals surface area contributed by atoms with Crippen molar-refractivity contribution in [2.75, 3.05) is 26.1 Å². The lowest BCUT2D eigenvalue weighted by Gasteiger charge is -2.06. The molecule has 0 spiro atoms. The van der Waals surface area contributed by atoms with Gasteiger partial charge in [-0.2, -0.15) is 0 Å². The molecule has 0 fully saturated rings. The molecule has 0 bridgehead atoms. The Morgan fingerprint density at radius 3 is 2.69 bits per heavy atom. The lowest BCUT2D eigenvalue weighted by atomic mass is 10.3. The molecule has 0 amide bonds. The summed E-state index contributed by atoms with van der Waals surface area (Å²) in [5.41, 5.74) is 0. The van der Waals surface area contributed by atoms with Gasteiger partial charge in [-0.1, -0.05) is 6.07 Å². The number of methoxy groups -OCH3 is 1. The van der Waals surface area contributed by atoms with E-state index in [4.69, 9.17) is 9.47 Å². The van der Waals surface area contributed by atoms with Gasteiger partial charge in [-0.15, -0.1) is 0 Å². The number of hydrogen-bond acceptors (Lipinski definition) is 4. The van der Waals surface area contributed by atoms with Gasteiger partial charge in [-0.25, -0.2) is 8.42 Å². The monoisotopic (exact) mass is 244 g/mol. The van der Waals surface area contributed by atoms with E-state index in [0.717, 1.165) is 0 Å². The van der Waals surface area contributed by atoms with Gasteiger partial charge >= 0.3 is 0 Å². The minimum absolute atomic E-state index is 0.00594. The summed E-state index contributed by atoms with van der Waals surface area (Å²) in [7, 11) is -1.76. The number of benzene rings is 1. The molecule has 0 N–H and O–H groups in total. The molecule has 16 heavy (non-hydrogen) atoms. The van der Waals surface area contributed by atoms with Gasteiger partial charge in [0.2, 0.25) is 0 Å². The van der Waals surface area contributed by atoms with Crippen LogP contribution < -0.4 is 4.74 Å². The van der Waals surface area contributed by atoms with E-state index in [0.29, 0.717) is 12.4 Å². The highest BCUT2D eigenvalue weighted by Crippen LogP contribution is 2.18. The Morgan fingerprint density at radius 2 is 2.06 bits per heavy atom. The van der Waals surface area contributed by atoms with Crippen LogP contribution in [-0.2, 0) is 14.6 Å². The van der Waals surface area contributed by atoms with Gasteiger partial charge in [0.25, 0.3) is 0 Å². The van der Waals surface area contributed by atoms with E-state index in [1.807, 2.05) is 6.92 Å². The molecule has 1 aromatic carbocycles. The normalized spacial score (nSPS) is 11.4. The Kier molecular flexibility index (Phi) is 4.76. The third kappa shape index (κ3) is 3.50. The van der Waals surface area contributed by atoms with E-state index in [1.54, 1.807) is 18.2 Å². The van der Waals surface area contributed by atoms with Crippen molar-refractivity contribution in [3.63, 3.8) is 0 Å². The predicted molar refractivity (Wildman–Crippen MR) is 61.5 cm³/mol. The first-order valence-corrected chi connectivity index (χ1v) is 6.70. The van der Waals surface area contributed by atoms with Crippen molar-refractivity contribution in [1.82, 2.24) is 0 Å². The Morgan fingerprint density at radius 1 is 1.31 bits per heavy atom. The summed E-state index contributed by atoms with van der Waals surface area (Å²) in [6.07, 6.45) is 0. The maximum absolute atomic E-state index is 11.8. The molecule has 0 heterocycles. The Hall–Kier alpha value is -1.07. The molecule has 4 nitrogen and oxygen atoms in total. The van der Waals surface area contributed by atoms with Crippen LogP contribution in [0.3, 0.4) is 0 Å². The molecule has 0 aliphatic rings. The smallest absolute Gasteiger partial charge is 0.180 e. The van der Waals surface area contributed by atoms with Gasteiger partial charge < -0.3 is 9.47 Å². The number of ether oxygens (including phenoxy) is 2. The molecule has 5 heteroatoms. The first-order valence-electron chi connectivity index (χ1n) is 5.04. The van der Waals surface area contributed by atoms with E-state index >= 15 is 0 Å². The van der Waals surface area contributed by atoms with Crippen molar-refractivity contribution in [1.29, 1.82) is 0 Å². The van der Waals surface area contributed by atoms with Crippen LogP contribution in [0.4, 0.5) is 0 Å². The van der Waals surface area contributed by atoms with Gasteiger partial charge in [0.1, 0.15) is 5.75 Å². The molecule has 1 rings (SSSR count). The fourth-order valence-electron chi connectivity index (χ4n) is 1.23. The largest absolute Gasteiger partial charge is 0.497 e. The van der Waals surface area contributed by atoms with Crippen LogP contribution >= 0.6 is 0 Å². The summed E-state index contributed by atoms with van der Waals surface area (Å²) in [6, 6.07) is 6.44. The Labute approximate surface area is 96.1 Å². The van der Waals surface area contributed by atoms with Crippen LogP contribution in [0.2, 0.25) is 0 Å². The van der Waals surface area contributed by atoms with E-state index in [-0.39, 0.29) is 17.3 Å². The van der Waals surface area contributed by atoms with Crippen molar-refractivity contribution in [3.8, 4) is 5.75 Å². The summed E-state index contributed by atoms with van der Waals surface area (Å²) < 4.78 is 33.7. The van der Waals surface area contributed by atoms with Gasteiger partial charge in [-0.05, 0) is 25.1 Å². The SMILES string of the molecule is CCOCCS(=O)(=O)c1cccc(OC)c1. The molecule has 1 aromatic rings. The zero-order chi connectivity index (χ0) is 12.0. The maximum atomic E-state index is 11.8. The van der Waals surface area contributed by atoms with E-state index in [2.05, 4.69) is 0 Å². The van der Waals surface area contributed by atoms with Crippen molar-refractivity contribution >= 4 is 9.84 Å². The van der Waals surface area contributed by atoms with Crippen LogP contribution in [0.1, 0.15) is 6.92 Å².